The highest BCUT2D eigenvalue weighted by atomic mass is 19.1. The van der Waals surface area contributed by atoms with Gasteiger partial charge < -0.3 is 40.7 Å². The molecule has 7 atom stereocenters. The predicted molar refractivity (Wildman–Crippen MR) is 192 cm³/mol. The molecule has 56 heavy (non-hydrogen) atoms. The third-order valence-corrected chi connectivity index (χ3v) is 10.5. The Morgan fingerprint density at radius 3 is 2.20 bits per heavy atom. The van der Waals surface area contributed by atoms with E-state index in [1.165, 1.54) is 16.7 Å². The number of ether oxygens (including phenoxy) is 1. The van der Waals surface area contributed by atoms with Gasteiger partial charge in [0.2, 0.25) is 29.5 Å². The second-order valence-electron chi connectivity index (χ2n) is 14.6. The topological polar surface area (TPSA) is 187 Å². The Kier molecular flexibility index (Phi) is 12.1. The number of anilines is 1. The van der Waals surface area contributed by atoms with E-state index in [4.69, 9.17) is 4.74 Å². The summed E-state index contributed by atoms with van der Waals surface area (Å²) in [5, 5.41) is 10.2. The van der Waals surface area contributed by atoms with Crippen LogP contribution in [0.2, 0.25) is 0 Å². The molecule has 7 amide bonds. The van der Waals surface area contributed by atoms with Crippen LogP contribution in [0, 0.1) is 18.6 Å². The van der Waals surface area contributed by atoms with Gasteiger partial charge in [-0.1, -0.05) is 17.7 Å². The molecule has 4 aliphatic heterocycles. The molecule has 4 N–H and O–H groups in total. The van der Waals surface area contributed by atoms with E-state index >= 15 is 0 Å². The molecule has 4 saturated heterocycles. The summed E-state index contributed by atoms with van der Waals surface area (Å²) in [7, 11) is 0. The zero-order valence-corrected chi connectivity index (χ0v) is 30.9. The summed E-state index contributed by atoms with van der Waals surface area (Å²) in [5.74, 6) is -6.65. The minimum Gasteiger partial charge on any atom is -0.461 e. The van der Waals surface area contributed by atoms with Gasteiger partial charge in [0.25, 0.3) is 0 Å². The van der Waals surface area contributed by atoms with E-state index in [-0.39, 0.29) is 25.1 Å². The summed E-state index contributed by atoms with van der Waals surface area (Å²) in [4.78, 5) is 99.5. The number of hydrogen-bond donors (Lipinski definition) is 4. The maximum atomic E-state index is 14.8. The summed E-state index contributed by atoms with van der Waals surface area (Å²) >= 11 is 0. The first-order chi connectivity index (χ1) is 26.7. The highest BCUT2D eigenvalue weighted by molar-refractivity contribution is 5.98. The molecule has 300 valence electrons. The second-order valence-corrected chi connectivity index (χ2v) is 14.6. The molecule has 4 heterocycles. The maximum Gasteiger partial charge on any atom is 0.329 e. The Morgan fingerprint density at radius 2 is 1.52 bits per heavy atom. The van der Waals surface area contributed by atoms with E-state index in [1.54, 1.807) is 24.3 Å². The molecule has 15 nitrogen and oxygen atoms in total. The van der Waals surface area contributed by atoms with Gasteiger partial charge in [-0.25, -0.2) is 22.8 Å². The molecule has 0 saturated carbocycles. The number of esters is 1. The minimum atomic E-state index is -1.68. The molecule has 4 fully saturated rings. The number of alkyl halides is 1. The Balaban J connectivity index is 1.30. The molecule has 0 spiro atoms. The molecule has 0 aromatic heterocycles. The molecule has 2 aromatic carbocycles. The van der Waals surface area contributed by atoms with E-state index < -0.39 is 122 Å². The van der Waals surface area contributed by atoms with E-state index in [9.17, 15) is 46.7 Å². The number of nitrogens with one attached hydrogen (secondary N) is 4. The van der Waals surface area contributed by atoms with E-state index in [2.05, 4.69) is 21.3 Å². The van der Waals surface area contributed by atoms with Crippen LogP contribution in [0.25, 0.3) is 0 Å². The zero-order valence-electron chi connectivity index (χ0n) is 30.9. The van der Waals surface area contributed by atoms with Crippen molar-refractivity contribution in [1.29, 1.82) is 0 Å². The quantitative estimate of drug-likeness (QED) is 0.318. The van der Waals surface area contributed by atoms with Gasteiger partial charge >= 0.3 is 12.0 Å². The molecular weight excluding hydrogens is 739 g/mol. The van der Waals surface area contributed by atoms with Crippen molar-refractivity contribution in [2.45, 2.75) is 94.8 Å². The molecular formula is C38H44F3N7O8. The largest absolute Gasteiger partial charge is 0.461 e. The molecule has 0 bridgehead atoms. The number of carbonyl (C=O) groups is 7. The Bertz CT molecular complexity index is 1860. The maximum absolute atomic E-state index is 14.8. The third-order valence-electron chi connectivity index (χ3n) is 10.5. The summed E-state index contributed by atoms with van der Waals surface area (Å²) in [6.45, 7) is 2.26. The van der Waals surface area contributed by atoms with Gasteiger partial charge in [-0.15, -0.1) is 0 Å². The van der Waals surface area contributed by atoms with Gasteiger partial charge in [-0.2, -0.15) is 0 Å². The Morgan fingerprint density at radius 1 is 0.875 bits per heavy atom. The lowest BCUT2D eigenvalue weighted by molar-refractivity contribution is -0.158. The number of cyclic esters (lactones) is 1. The standard InChI is InChI=1S/C38H44F3N7O8/c1-20-7-9-26(10-8-20)43-38(55)45-27(15-22-13-23(39)16-24(40)14-22)32(49)44-28-19-56-37(54)31-17-25(41)18-48(31)34(51)21(2)42-33(50)29-5-3-11-46(29)36(53)30-6-4-12-47(30)35(28)52/h7-10,13-14,16,21,25,27-31H,3-6,11-12,15,17-19H2,1-2H3,(H,42,50)(H,44,49)(H2,43,45,55)/t21-,25-,27-,28-,29-,30-,31-/m0/s1. The van der Waals surface area contributed by atoms with Crippen LogP contribution in [-0.2, 0) is 39.9 Å². The average Bonchev–Trinajstić information content (AvgIpc) is 3.92. The number of aryl methyl sites for hydroxylation is 1. The molecule has 4 aliphatic rings. The summed E-state index contributed by atoms with van der Waals surface area (Å²) < 4.78 is 48.7. The Hall–Kier alpha value is -5.68. The number of nitrogens with zero attached hydrogens (tertiary/aromatic N) is 3. The van der Waals surface area contributed by atoms with Gasteiger partial charge in [0.05, 0.1) is 6.54 Å². The first-order valence-corrected chi connectivity index (χ1v) is 18.6. The number of rotatable bonds is 6. The van der Waals surface area contributed by atoms with Gasteiger partial charge in [0, 0.05) is 37.7 Å². The normalized spacial score (nSPS) is 26.5. The second kappa shape index (κ2) is 17.0. The van der Waals surface area contributed by atoms with Crippen LogP contribution < -0.4 is 21.3 Å². The lowest BCUT2D eigenvalue weighted by atomic mass is 10.0. The van der Waals surface area contributed by atoms with E-state index in [1.807, 2.05) is 6.92 Å². The molecule has 0 unspecified atom stereocenters. The van der Waals surface area contributed by atoms with Crippen molar-refractivity contribution in [3.63, 3.8) is 0 Å². The fraction of sp³-hybridized carbons (Fsp3) is 0.500. The zero-order chi connectivity index (χ0) is 40.3. The van der Waals surface area contributed by atoms with Crippen LogP contribution in [0.1, 0.15) is 50.2 Å². The molecule has 0 radical (unpaired) electrons. The van der Waals surface area contributed by atoms with Crippen molar-refractivity contribution in [3.05, 3.63) is 65.2 Å². The molecule has 18 heteroatoms. The van der Waals surface area contributed by atoms with Crippen molar-refractivity contribution >= 4 is 47.2 Å². The van der Waals surface area contributed by atoms with Gasteiger partial charge in [0.1, 0.15) is 60.7 Å². The summed E-state index contributed by atoms with van der Waals surface area (Å²) in [5.41, 5.74) is 1.28. The van der Waals surface area contributed by atoms with Crippen molar-refractivity contribution in [3.8, 4) is 0 Å². The lowest BCUT2D eigenvalue weighted by Crippen LogP contribution is -2.60. The van der Waals surface area contributed by atoms with Crippen LogP contribution in [-0.4, -0.2) is 125 Å². The number of halogens is 3. The SMILES string of the molecule is Cc1ccc(NC(=O)N[C@@H](Cc2cc(F)cc(F)c2)C(=O)N[C@H]2COC(=O)[C@@H]3C[C@H](F)CN3C(=O)[C@H](C)NC(=O)[C@@H]3CCCN3C(=O)[C@@H]3CCCN3C2=O)cc1. The number of amides is 7. The Labute approximate surface area is 320 Å². The number of urea groups is 1. The van der Waals surface area contributed by atoms with Gasteiger partial charge in [-0.05, 0) is 69.4 Å². The first kappa shape index (κ1) is 40.0. The fourth-order valence-electron chi connectivity index (χ4n) is 7.70. The van der Waals surface area contributed by atoms with Gasteiger partial charge in [-0.3, -0.25) is 24.0 Å². The lowest BCUT2D eigenvalue weighted by Gasteiger charge is -2.34. The summed E-state index contributed by atoms with van der Waals surface area (Å²) in [6.07, 6.45) is -1.06. The highest BCUT2D eigenvalue weighted by Gasteiger charge is 2.47. The van der Waals surface area contributed by atoms with Crippen LogP contribution in [0.5, 0.6) is 0 Å². The van der Waals surface area contributed by atoms with Crippen molar-refractivity contribution in [2.75, 3.05) is 31.6 Å². The van der Waals surface area contributed by atoms with Crippen LogP contribution in [0.4, 0.5) is 23.7 Å². The van der Waals surface area contributed by atoms with Crippen molar-refractivity contribution < 1.29 is 51.5 Å². The monoisotopic (exact) mass is 783 g/mol. The van der Waals surface area contributed by atoms with Crippen molar-refractivity contribution in [1.82, 2.24) is 30.7 Å². The van der Waals surface area contributed by atoms with E-state index in [0.717, 1.165) is 22.6 Å². The van der Waals surface area contributed by atoms with Crippen LogP contribution >= 0.6 is 0 Å². The number of benzene rings is 2. The molecule has 6 rings (SSSR count). The smallest absolute Gasteiger partial charge is 0.329 e. The number of hydrogen-bond acceptors (Lipinski definition) is 8. The van der Waals surface area contributed by atoms with E-state index in [0.29, 0.717) is 31.0 Å². The first-order valence-electron chi connectivity index (χ1n) is 18.6. The van der Waals surface area contributed by atoms with Gasteiger partial charge in [0.15, 0.2) is 0 Å². The van der Waals surface area contributed by atoms with Crippen LogP contribution in [0.15, 0.2) is 42.5 Å². The minimum absolute atomic E-state index is 0.00978. The number of carbonyl (C=O) groups excluding carboxylic acids is 7. The third kappa shape index (κ3) is 9.05. The highest BCUT2D eigenvalue weighted by Crippen LogP contribution is 2.27. The van der Waals surface area contributed by atoms with Crippen molar-refractivity contribution in [2.24, 2.45) is 0 Å². The molecule has 2 aromatic rings. The fourth-order valence-corrected chi connectivity index (χ4v) is 7.70. The molecule has 0 aliphatic carbocycles. The summed E-state index contributed by atoms with van der Waals surface area (Å²) in [6, 6.07) is 0.627. The number of fused-ring (bicyclic) bond motifs is 3. The predicted octanol–water partition coefficient (Wildman–Crippen LogP) is 1.47. The van der Waals surface area contributed by atoms with Crippen LogP contribution in [0.3, 0.4) is 0 Å². The average molecular weight is 784 g/mol.